The lowest BCUT2D eigenvalue weighted by Gasteiger charge is -2.26. The first-order valence-electron chi connectivity index (χ1n) is 4.84. The lowest BCUT2D eigenvalue weighted by atomic mass is 10.2. The Labute approximate surface area is 85.2 Å². The summed E-state index contributed by atoms with van der Waals surface area (Å²) in [7, 11) is 0. The smallest absolute Gasteiger partial charge is 0.0870 e. The van der Waals surface area contributed by atoms with E-state index in [0.717, 1.165) is 39.1 Å². The first-order valence-corrected chi connectivity index (χ1v) is 5.25. The first-order chi connectivity index (χ1) is 6.24. The Kier molecular flexibility index (Phi) is 4.62. The summed E-state index contributed by atoms with van der Waals surface area (Å²) in [6.07, 6.45) is 2.25. The zero-order valence-electron chi connectivity index (χ0n) is 8.16. The van der Waals surface area contributed by atoms with Crippen LogP contribution in [-0.4, -0.2) is 42.2 Å². The number of nitrogens with two attached hydrogens (primary N) is 1. The maximum absolute atomic E-state index is 5.54. The van der Waals surface area contributed by atoms with Crippen molar-refractivity contribution in [2.75, 3.05) is 26.3 Å². The summed E-state index contributed by atoms with van der Waals surface area (Å²) < 4.78 is 5.34. The van der Waals surface area contributed by atoms with Crippen molar-refractivity contribution in [1.82, 2.24) is 4.90 Å². The second-order valence-corrected chi connectivity index (χ2v) is 3.98. The summed E-state index contributed by atoms with van der Waals surface area (Å²) in [5, 5.41) is 0. The normalized spacial score (nSPS) is 22.5. The highest BCUT2D eigenvalue weighted by Gasteiger charge is 2.22. The van der Waals surface area contributed by atoms with Crippen LogP contribution in [0.1, 0.15) is 19.8 Å². The Morgan fingerprint density at radius 2 is 2.46 bits per heavy atom. The van der Waals surface area contributed by atoms with Gasteiger partial charge in [0.15, 0.2) is 0 Å². The van der Waals surface area contributed by atoms with Crippen LogP contribution in [0.25, 0.3) is 0 Å². The van der Waals surface area contributed by atoms with Gasteiger partial charge in [0, 0.05) is 19.2 Å². The number of thiocarbonyl (C=S) groups is 1. The largest absolute Gasteiger partial charge is 0.392 e. The summed E-state index contributed by atoms with van der Waals surface area (Å²) >= 11 is 4.92. The van der Waals surface area contributed by atoms with Gasteiger partial charge in [-0.15, -0.1) is 0 Å². The molecule has 1 aliphatic heterocycles. The Bertz CT molecular complexity index is 169. The summed E-state index contributed by atoms with van der Waals surface area (Å²) in [6, 6.07) is 0.529. The molecule has 1 aliphatic rings. The third kappa shape index (κ3) is 3.58. The molecule has 0 amide bonds. The molecule has 0 radical (unpaired) electrons. The third-order valence-corrected chi connectivity index (χ3v) is 2.42. The van der Waals surface area contributed by atoms with Crippen molar-refractivity contribution < 1.29 is 4.74 Å². The van der Waals surface area contributed by atoms with E-state index < -0.39 is 0 Å². The molecular weight excluding hydrogens is 184 g/mol. The van der Waals surface area contributed by atoms with Crippen LogP contribution in [0.4, 0.5) is 0 Å². The molecule has 0 spiro atoms. The van der Waals surface area contributed by atoms with E-state index in [9.17, 15) is 0 Å². The molecule has 1 saturated heterocycles. The average molecular weight is 202 g/mol. The van der Waals surface area contributed by atoms with Gasteiger partial charge in [-0.2, -0.15) is 0 Å². The Morgan fingerprint density at radius 1 is 1.69 bits per heavy atom. The highest BCUT2D eigenvalue weighted by molar-refractivity contribution is 7.80. The standard InChI is InChI=1S/C9H18N2OS/c1-2-4-11(6-9(10)13)8-3-5-12-7-8/h8H,2-7H2,1H3,(H2,10,13). The van der Waals surface area contributed by atoms with E-state index in [-0.39, 0.29) is 0 Å². The van der Waals surface area contributed by atoms with Gasteiger partial charge < -0.3 is 10.5 Å². The van der Waals surface area contributed by atoms with E-state index in [4.69, 9.17) is 22.7 Å². The van der Waals surface area contributed by atoms with E-state index in [1.165, 1.54) is 0 Å². The van der Waals surface area contributed by atoms with Gasteiger partial charge in [0.25, 0.3) is 0 Å². The number of ether oxygens (including phenoxy) is 1. The number of rotatable bonds is 5. The summed E-state index contributed by atoms with van der Waals surface area (Å²) in [5.74, 6) is 0. The van der Waals surface area contributed by atoms with Crippen LogP contribution in [0.5, 0.6) is 0 Å². The molecule has 0 aromatic rings. The Balaban J connectivity index is 2.39. The van der Waals surface area contributed by atoms with E-state index in [0.29, 0.717) is 11.0 Å². The van der Waals surface area contributed by atoms with Crippen LogP contribution < -0.4 is 5.73 Å². The first kappa shape index (κ1) is 10.9. The van der Waals surface area contributed by atoms with Crippen LogP contribution in [-0.2, 0) is 4.74 Å². The third-order valence-electron chi connectivity index (χ3n) is 2.29. The fourth-order valence-corrected chi connectivity index (χ4v) is 1.85. The summed E-state index contributed by atoms with van der Waals surface area (Å²) in [5.41, 5.74) is 5.54. The van der Waals surface area contributed by atoms with Crippen LogP contribution in [0, 0.1) is 0 Å². The molecular formula is C9H18N2OS. The Hall–Kier alpha value is -0.190. The Morgan fingerprint density at radius 3 is 2.92 bits per heavy atom. The summed E-state index contributed by atoms with van der Waals surface area (Å²) in [6.45, 7) is 5.68. The summed E-state index contributed by atoms with van der Waals surface area (Å²) in [4.78, 5) is 2.91. The minimum absolute atomic E-state index is 0.529. The van der Waals surface area contributed by atoms with Crippen molar-refractivity contribution in [1.29, 1.82) is 0 Å². The van der Waals surface area contributed by atoms with Crippen LogP contribution >= 0.6 is 12.2 Å². The van der Waals surface area contributed by atoms with Crippen molar-refractivity contribution in [2.24, 2.45) is 5.73 Å². The highest BCUT2D eigenvalue weighted by atomic mass is 32.1. The topological polar surface area (TPSA) is 38.5 Å². The van der Waals surface area contributed by atoms with Gasteiger partial charge >= 0.3 is 0 Å². The molecule has 2 N–H and O–H groups in total. The van der Waals surface area contributed by atoms with Gasteiger partial charge in [-0.25, -0.2) is 0 Å². The predicted molar refractivity (Wildman–Crippen MR) is 57.9 cm³/mol. The molecule has 0 saturated carbocycles. The molecule has 0 aromatic heterocycles. The van der Waals surface area contributed by atoms with Gasteiger partial charge in [0.1, 0.15) is 0 Å². The van der Waals surface area contributed by atoms with Crippen molar-refractivity contribution in [2.45, 2.75) is 25.8 Å². The van der Waals surface area contributed by atoms with Crippen molar-refractivity contribution in [3.05, 3.63) is 0 Å². The lowest BCUT2D eigenvalue weighted by molar-refractivity contribution is 0.154. The van der Waals surface area contributed by atoms with Crippen LogP contribution in [0.15, 0.2) is 0 Å². The SMILES string of the molecule is CCCN(CC(N)=S)C1CCOC1. The van der Waals surface area contributed by atoms with E-state index in [1.54, 1.807) is 0 Å². The number of hydrogen-bond donors (Lipinski definition) is 1. The second kappa shape index (κ2) is 5.52. The molecule has 1 rings (SSSR count). The van der Waals surface area contributed by atoms with Gasteiger partial charge in [0.05, 0.1) is 11.6 Å². The highest BCUT2D eigenvalue weighted by Crippen LogP contribution is 2.12. The van der Waals surface area contributed by atoms with Crippen molar-refractivity contribution in [3.63, 3.8) is 0 Å². The fraction of sp³-hybridized carbons (Fsp3) is 0.889. The van der Waals surface area contributed by atoms with E-state index in [2.05, 4.69) is 11.8 Å². The molecule has 76 valence electrons. The maximum atomic E-state index is 5.54. The maximum Gasteiger partial charge on any atom is 0.0870 e. The molecule has 0 aliphatic carbocycles. The molecule has 1 atom stereocenters. The van der Waals surface area contributed by atoms with E-state index in [1.807, 2.05) is 0 Å². The molecule has 13 heavy (non-hydrogen) atoms. The van der Waals surface area contributed by atoms with E-state index >= 15 is 0 Å². The molecule has 4 heteroatoms. The zero-order chi connectivity index (χ0) is 9.68. The van der Waals surface area contributed by atoms with Crippen molar-refractivity contribution in [3.8, 4) is 0 Å². The van der Waals surface area contributed by atoms with Crippen LogP contribution in [0.2, 0.25) is 0 Å². The van der Waals surface area contributed by atoms with Crippen molar-refractivity contribution >= 4 is 17.2 Å². The average Bonchev–Trinajstić information content (AvgIpc) is 2.54. The van der Waals surface area contributed by atoms with Gasteiger partial charge in [-0.05, 0) is 19.4 Å². The molecule has 3 nitrogen and oxygen atoms in total. The van der Waals surface area contributed by atoms with Gasteiger partial charge in [0.2, 0.25) is 0 Å². The number of nitrogens with zero attached hydrogens (tertiary/aromatic N) is 1. The monoisotopic (exact) mass is 202 g/mol. The van der Waals surface area contributed by atoms with Crippen LogP contribution in [0.3, 0.4) is 0 Å². The fourth-order valence-electron chi connectivity index (χ4n) is 1.69. The molecule has 1 heterocycles. The van der Waals surface area contributed by atoms with Gasteiger partial charge in [-0.3, -0.25) is 4.90 Å². The van der Waals surface area contributed by atoms with Gasteiger partial charge in [-0.1, -0.05) is 19.1 Å². The quantitative estimate of drug-likeness (QED) is 0.668. The lowest BCUT2D eigenvalue weighted by Crippen LogP contribution is -2.41. The second-order valence-electron chi connectivity index (χ2n) is 3.45. The molecule has 0 bridgehead atoms. The molecule has 1 fully saturated rings. The minimum Gasteiger partial charge on any atom is -0.392 e. The molecule has 1 unspecified atom stereocenters. The number of hydrogen-bond acceptors (Lipinski definition) is 3. The zero-order valence-corrected chi connectivity index (χ0v) is 8.98. The minimum atomic E-state index is 0.529. The molecule has 0 aromatic carbocycles. The predicted octanol–water partition coefficient (Wildman–Crippen LogP) is 0.773.